The van der Waals surface area contributed by atoms with Crippen molar-refractivity contribution in [1.82, 2.24) is 16.0 Å². The van der Waals surface area contributed by atoms with Crippen LogP contribution < -0.4 is 16.0 Å². The third-order valence-corrected chi connectivity index (χ3v) is 3.71. The zero-order valence-corrected chi connectivity index (χ0v) is 11.1. The summed E-state index contributed by atoms with van der Waals surface area (Å²) in [6.45, 7) is 0.994. The van der Waals surface area contributed by atoms with Gasteiger partial charge in [0, 0.05) is 45.1 Å². The number of nitrogens with one attached hydrogen (secondary N) is 3. The number of carbonyl (C=O) groups excluding carboxylic acids is 2. The van der Waals surface area contributed by atoms with Gasteiger partial charge in [-0.25, -0.2) is 9.59 Å². The molecule has 3 amide bonds. The molecule has 0 aromatic heterocycles. The second kappa shape index (κ2) is 6.08. The summed E-state index contributed by atoms with van der Waals surface area (Å²) >= 11 is 0. The maximum atomic E-state index is 11.9. The summed E-state index contributed by atoms with van der Waals surface area (Å²) in [5.41, 5.74) is -1.26. The number of hydrogen-bond acceptors (Lipinski definition) is 4. The second-order valence-electron chi connectivity index (χ2n) is 5.14. The highest BCUT2D eigenvalue weighted by Gasteiger charge is 2.41. The Bertz CT molecular complexity index is 396. The number of ether oxygens (including phenoxy) is 1. The Labute approximate surface area is 116 Å². The van der Waals surface area contributed by atoms with Crippen LogP contribution >= 0.6 is 0 Å². The van der Waals surface area contributed by atoms with Gasteiger partial charge in [0.1, 0.15) is 5.54 Å². The normalized spacial score (nSPS) is 25.4. The topological polar surface area (TPSA) is 117 Å². The van der Waals surface area contributed by atoms with Crippen LogP contribution in [0.15, 0.2) is 0 Å². The Kier molecular flexibility index (Phi) is 4.43. The maximum absolute atomic E-state index is 11.9. The number of hydrogen-bond donors (Lipinski definition) is 4. The van der Waals surface area contributed by atoms with Crippen LogP contribution in [-0.2, 0) is 14.3 Å². The second-order valence-corrected chi connectivity index (χ2v) is 5.14. The molecule has 1 unspecified atom stereocenters. The van der Waals surface area contributed by atoms with Gasteiger partial charge in [-0.05, 0) is 6.42 Å². The summed E-state index contributed by atoms with van der Waals surface area (Å²) in [6, 6.07) is -0.686. The van der Waals surface area contributed by atoms with Gasteiger partial charge >= 0.3 is 12.0 Å². The number of carboxylic acid groups (broad SMARTS) is 1. The Hall–Kier alpha value is -1.83. The molecule has 0 saturated carbocycles. The molecule has 2 aliphatic heterocycles. The van der Waals surface area contributed by atoms with Gasteiger partial charge in [-0.15, -0.1) is 0 Å². The van der Waals surface area contributed by atoms with Crippen molar-refractivity contribution in [2.24, 2.45) is 0 Å². The lowest BCUT2D eigenvalue weighted by Gasteiger charge is -2.34. The van der Waals surface area contributed by atoms with E-state index in [2.05, 4.69) is 16.0 Å². The summed E-state index contributed by atoms with van der Waals surface area (Å²) in [5.74, 6) is -1.08. The van der Waals surface area contributed by atoms with Crippen molar-refractivity contribution in [3.63, 3.8) is 0 Å². The van der Waals surface area contributed by atoms with Crippen LogP contribution in [0.4, 0.5) is 4.79 Å². The quantitative estimate of drug-likeness (QED) is 0.541. The van der Waals surface area contributed by atoms with Crippen LogP contribution in [-0.4, -0.2) is 54.4 Å². The van der Waals surface area contributed by atoms with Crippen LogP contribution in [0.5, 0.6) is 0 Å². The van der Waals surface area contributed by atoms with Crippen LogP contribution in [0.2, 0.25) is 0 Å². The lowest BCUT2D eigenvalue weighted by atomic mass is 9.90. The Morgan fingerprint density at radius 2 is 2.05 bits per heavy atom. The van der Waals surface area contributed by atoms with Gasteiger partial charge in [-0.2, -0.15) is 0 Å². The minimum absolute atomic E-state index is 0.0325. The first kappa shape index (κ1) is 14.6. The molecule has 4 N–H and O–H groups in total. The molecule has 20 heavy (non-hydrogen) atoms. The summed E-state index contributed by atoms with van der Waals surface area (Å²) in [7, 11) is 0. The molecule has 8 heteroatoms. The molecule has 8 nitrogen and oxygen atoms in total. The van der Waals surface area contributed by atoms with E-state index in [0.717, 1.165) is 0 Å². The largest absolute Gasteiger partial charge is 0.480 e. The number of piperidine rings is 1. The number of amides is 3. The van der Waals surface area contributed by atoms with E-state index in [0.29, 0.717) is 32.6 Å². The number of carbonyl (C=O) groups is 3. The fourth-order valence-electron chi connectivity index (χ4n) is 2.41. The SMILES string of the molecule is O=C1CCC(NC(=O)NC2(C(=O)O)CCOCC2)CN1. The molecule has 112 valence electrons. The summed E-state index contributed by atoms with van der Waals surface area (Å²) in [5, 5.41) is 17.2. The molecule has 2 fully saturated rings. The zero-order valence-electron chi connectivity index (χ0n) is 11.1. The Morgan fingerprint density at radius 1 is 1.35 bits per heavy atom. The highest BCUT2D eigenvalue weighted by Crippen LogP contribution is 2.21. The first-order valence-electron chi connectivity index (χ1n) is 6.68. The standard InChI is InChI=1S/C12H19N3O5/c16-9-2-1-8(7-13-9)14-11(19)15-12(10(17)18)3-5-20-6-4-12/h8H,1-7H2,(H,13,16)(H,17,18)(H2,14,15,19). The zero-order chi connectivity index (χ0) is 14.6. The van der Waals surface area contributed by atoms with E-state index in [9.17, 15) is 19.5 Å². The van der Waals surface area contributed by atoms with Crippen LogP contribution in [0.3, 0.4) is 0 Å². The number of carboxylic acids is 1. The molecule has 0 bridgehead atoms. The molecule has 2 saturated heterocycles. The molecule has 2 heterocycles. The van der Waals surface area contributed by atoms with E-state index in [4.69, 9.17) is 4.74 Å². The first-order valence-corrected chi connectivity index (χ1v) is 6.68. The molecule has 0 radical (unpaired) electrons. The van der Waals surface area contributed by atoms with Gasteiger partial charge < -0.3 is 25.8 Å². The van der Waals surface area contributed by atoms with Gasteiger partial charge in [0.2, 0.25) is 5.91 Å². The molecule has 1 atom stereocenters. The lowest BCUT2D eigenvalue weighted by Crippen LogP contribution is -2.61. The van der Waals surface area contributed by atoms with Gasteiger partial charge in [0.15, 0.2) is 0 Å². The third-order valence-electron chi connectivity index (χ3n) is 3.71. The van der Waals surface area contributed by atoms with E-state index in [1.54, 1.807) is 0 Å². The van der Waals surface area contributed by atoms with Gasteiger partial charge in [-0.3, -0.25) is 4.79 Å². The van der Waals surface area contributed by atoms with E-state index in [1.165, 1.54) is 0 Å². The van der Waals surface area contributed by atoms with Crippen molar-refractivity contribution >= 4 is 17.9 Å². The third kappa shape index (κ3) is 3.38. The van der Waals surface area contributed by atoms with Crippen LogP contribution in [0, 0.1) is 0 Å². The van der Waals surface area contributed by atoms with E-state index in [-0.39, 0.29) is 24.8 Å². The Morgan fingerprint density at radius 3 is 2.60 bits per heavy atom. The molecule has 0 aromatic rings. The van der Waals surface area contributed by atoms with Crippen molar-refractivity contribution in [2.75, 3.05) is 19.8 Å². The fourth-order valence-corrected chi connectivity index (χ4v) is 2.41. The molecule has 0 spiro atoms. The average molecular weight is 285 g/mol. The van der Waals surface area contributed by atoms with E-state index >= 15 is 0 Å². The van der Waals surface area contributed by atoms with Crippen molar-refractivity contribution in [2.45, 2.75) is 37.3 Å². The average Bonchev–Trinajstić information content (AvgIpc) is 2.42. The minimum atomic E-state index is -1.26. The number of aliphatic carboxylic acids is 1. The summed E-state index contributed by atoms with van der Waals surface area (Å²) < 4.78 is 5.14. The smallest absolute Gasteiger partial charge is 0.329 e. The minimum Gasteiger partial charge on any atom is -0.480 e. The maximum Gasteiger partial charge on any atom is 0.329 e. The molecule has 2 aliphatic rings. The van der Waals surface area contributed by atoms with E-state index in [1.807, 2.05) is 0 Å². The van der Waals surface area contributed by atoms with Crippen molar-refractivity contribution < 1.29 is 24.2 Å². The number of rotatable bonds is 3. The van der Waals surface area contributed by atoms with E-state index < -0.39 is 17.5 Å². The van der Waals surface area contributed by atoms with Gasteiger partial charge in [0.25, 0.3) is 0 Å². The summed E-state index contributed by atoms with van der Waals surface area (Å²) in [4.78, 5) is 34.3. The number of urea groups is 1. The highest BCUT2D eigenvalue weighted by atomic mass is 16.5. The van der Waals surface area contributed by atoms with Crippen LogP contribution in [0.1, 0.15) is 25.7 Å². The molecule has 2 rings (SSSR count). The van der Waals surface area contributed by atoms with Crippen LogP contribution in [0.25, 0.3) is 0 Å². The monoisotopic (exact) mass is 285 g/mol. The van der Waals surface area contributed by atoms with Crippen molar-refractivity contribution in [1.29, 1.82) is 0 Å². The van der Waals surface area contributed by atoms with Crippen molar-refractivity contribution in [3.05, 3.63) is 0 Å². The molecule has 0 aromatic carbocycles. The predicted octanol–water partition coefficient (Wildman–Crippen LogP) is -0.802. The molecular formula is C12H19N3O5. The first-order chi connectivity index (χ1) is 9.52. The summed E-state index contributed by atoms with van der Waals surface area (Å²) in [6.07, 6.45) is 1.42. The molecular weight excluding hydrogens is 266 g/mol. The lowest BCUT2D eigenvalue weighted by molar-refractivity contribution is -0.148. The Balaban J connectivity index is 1.88. The van der Waals surface area contributed by atoms with Gasteiger partial charge in [-0.1, -0.05) is 0 Å². The fraction of sp³-hybridized carbons (Fsp3) is 0.750. The highest BCUT2D eigenvalue weighted by molar-refractivity contribution is 5.86. The molecule has 0 aliphatic carbocycles. The van der Waals surface area contributed by atoms with Crippen molar-refractivity contribution in [3.8, 4) is 0 Å². The van der Waals surface area contributed by atoms with Gasteiger partial charge in [0.05, 0.1) is 0 Å². The predicted molar refractivity (Wildman–Crippen MR) is 68.1 cm³/mol.